The monoisotopic (exact) mass is 223 g/mol. The molecule has 0 bridgehead atoms. The predicted octanol–water partition coefficient (Wildman–Crippen LogP) is 3.28. The Morgan fingerprint density at radius 2 is 2.40 bits per heavy atom. The molecule has 2 nitrogen and oxygen atoms in total. The van der Waals surface area contributed by atoms with E-state index in [1.807, 2.05) is 44.4 Å². The molecule has 1 atom stereocenters. The molecule has 1 rings (SSSR count). The van der Waals surface area contributed by atoms with Crippen LogP contribution in [0.25, 0.3) is 0 Å². The highest BCUT2D eigenvalue weighted by Gasteiger charge is 2.10. The Hall–Kier alpha value is -1.09. The van der Waals surface area contributed by atoms with Gasteiger partial charge < -0.3 is 5.32 Å². The van der Waals surface area contributed by atoms with Gasteiger partial charge in [-0.05, 0) is 31.7 Å². The van der Waals surface area contributed by atoms with Gasteiger partial charge in [0.05, 0.1) is 6.04 Å². The van der Waals surface area contributed by atoms with Crippen molar-refractivity contribution in [2.75, 3.05) is 0 Å². The van der Waals surface area contributed by atoms with E-state index in [4.69, 9.17) is 0 Å². The SMILES string of the molecule is CC/C=C(\C)C(=O)N[C@@H](C)c1cccs1. The number of hydrogen-bond acceptors (Lipinski definition) is 2. The molecule has 0 saturated carbocycles. The third kappa shape index (κ3) is 3.51. The van der Waals surface area contributed by atoms with E-state index < -0.39 is 0 Å². The van der Waals surface area contributed by atoms with Gasteiger partial charge in [-0.15, -0.1) is 11.3 Å². The van der Waals surface area contributed by atoms with Crippen LogP contribution in [0.3, 0.4) is 0 Å². The first kappa shape index (κ1) is 12.0. The van der Waals surface area contributed by atoms with Crippen LogP contribution in [0.5, 0.6) is 0 Å². The van der Waals surface area contributed by atoms with Gasteiger partial charge in [0.1, 0.15) is 0 Å². The van der Waals surface area contributed by atoms with Crippen LogP contribution in [0.4, 0.5) is 0 Å². The van der Waals surface area contributed by atoms with Crippen LogP contribution < -0.4 is 5.32 Å². The molecule has 0 unspecified atom stereocenters. The van der Waals surface area contributed by atoms with E-state index in [0.29, 0.717) is 0 Å². The molecule has 1 aromatic heterocycles. The van der Waals surface area contributed by atoms with E-state index in [1.165, 1.54) is 4.88 Å². The first-order valence-corrected chi connectivity index (χ1v) is 6.04. The van der Waals surface area contributed by atoms with Gasteiger partial charge in [0, 0.05) is 10.5 Å². The summed E-state index contributed by atoms with van der Waals surface area (Å²) in [7, 11) is 0. The Bertz CT molecular complexity index is 341. The fraction of sp³-hybridized carbons (Fsp3) is 0.417. The van der Waals surface area contributed by atoms with E-state index in [1.54, 1.807) is 11.3 Å². The Balaban J connectivity index is 2.56. The smallest absolute Gasteiger partial charge is 0.247 e. The normalized spacial score (nSPS) is 13.7. The molecular formula is C12H17NOS. The van der Waals surface area contributed by atoms with Crippen LogP contribution in [-0.4, -0.2) is 5.91 Å². The Labute approximate surface area is 95.0 Å². The van der Waals surface area contributed by atoms with Crippen molar-refractivity contribution < 1.29 is 4.79 Å². The van der Waals surface area contributed by atoms with Crippen LogP contribution in [0.2, 0.25) is 0 Å². The summed E-state index contributed by atoms with van der Waals surface area (Å²) < 4.78 is 0. The van der Waals surface area contributed by atoms with Gasteiger partial charge >= 0.3 is 0 Å². The fourth-order valence-electron chi connectivity index (χ4n) is 1.32. The summed E-state index contributed by atoms with van der Waals surface area (Å²) in [6, 6.07) is 4.13. The van der Waals surface area contributed by atoms with Gasteiger partial charge in [0.25, 0.3) is 0 Å². The lowest BCUT2D eigenvalue weighted by molar-refractivity contribution is -0.118. The van der Waals surface area contributed by atoms with Crippen LogP contribution in [0.15, 0.2) is 29.2 Å². The summed E-state index contributed by atoms with van der Waals surface area (Å²) in [5.74, 6) is 0.0257. The lowest BCUT2D eigenvalue weighted by Gasteiger charge is -2.12. The van der Waals surface area contributed by atoms with Crippen molar-refractivity contribution >= 4 is 17.2 Å². The second kappa shape index (κ2) is 5.71. The number of rotatable bonds is 4. The average molecular weight is 223 g/mol. The first-order valence-electron chi connectivity index (χ1n) is 5.16. The minimum atomic E-state index is 0.0257. The zero-order chi connectivity index (χ0) is 11.3. The third-order valence-corrected chi connectivity index (χ3v) is 3.24. The van der Waals surface area contributed by atoms with Gasteiger partial charge in [-0.2, -0.15) is 0 Å². The van der Waals surface area contributed by atoms with Crippen molar-refractivity contribution in [3.05, 3.63) is 34.0 Å². The summed E-state index contributed by atoms with van der Waals surface area (Å²) in [4.78, 5) is 12.9. The van der Waals surface area contributed by atoms with Crippen LogP contribution >= 0.6 is 11.3 Å². The second-order valence-electron chi connectivity index (χ2n) is 3.51. The molecule has 1 aromatic rings. The molecule has 0 aliphatic rings. The van der Waals surface area contributed by atoms with Gasteiger partial charge in [-0.25, -0.2) is 0 Å². The number of thiophene rings is 1. The zero-order valence-electron chi connectivity index (χ0n) is 9.41. The number of allylic oxidation sites excluding steroid dienone is 1. The minimum Gasteiger partial charge on any atom is -0.345 e. The fourth-order valence-corrected chi connectivity index (χ4v) is 2.05. The number of carbonyl (C=O) groups excluding carboxylic acids is 1. The molecule has 0 saturated heterocycles. The van der Waals surface area contributed by atoms with E-state index in [0.717, 1.165) is 12.0 Å². The summed E-state index contributed by atoms with van der Waals surface area (Å²) in [6.07, 6.45) is 2.84. The largest absolute Gasteiger partial charge is 0.345 e. The highest BCUT2D eigenvalue weighted by Crippen LogP contribution is 2.18. The molecular weight excluding hydrogens is 206 g/mol. The van der Waals surface area contributed by atoms with Gasteiger partial charge in [-0.3, -0.25) is 4.79 Å². The molecule has 1 amide bonds. The average Bonchev–Trinajstić information content (AvgIpc) is 2.70. The molecule has 15 heavy (non-hydrogen) atoms. The van der Waals surface area contributed by atoms with Crippen molar-refractivity contribution in [1.82, 2.24) is 5.32 Å². The maximum absolute atomic E-state index is 11.7. The molecule has 0 aromatic carbocycles. The molecule has 3 heteroatoms. The van der Waals surface area contributed by atoms with Crippen molar-refractivity contribution in [3.8, 4) is 0 Å². The number of hydrogen-bond donors (Lipinski definition) is 1. The highest BCUT2D eigenvalue weighted by molar-refractivity contribution is 7.10. The molecule has 82 valence electrons. The van der Waals surface area contributed by atoms with Crippen LogP contribution in [0.1, 0.15) is 38.1 Å². The summed E-state index contributed by atoms with van der Waals surface area (Å²) in [6.45, 7) is 5.88. The predicted molar refractivity (Wildman–Crippen MR) is 64.9 cm³/mol. The topological polar surface area (TPSA) is 29.1 Å². The molecule has 1 heterocycles. The maximum atomic E-state index is 11.7. The summed E-state index contributed by atoms with van der Waals surface area (Å²) in [5.41, 5.74) is 0.793. The number of amides is 1. The molecule has 0 aliphatic carbocycles. The highest BCUT2D eigenvalue weighted by atomic mass is 32.1. The Morgan fingerprint density at radius 1 is 1.67 bits per heavy atom. The van der Waals surface area contributed by atoms with E-state index in [-0.39, 0.29) is 11.9 Å². The molecule has 0 radical (unpaired) electrons. The maximum Gasteiger partial charge on any atom is 0.247 e. The van der Waals surface area contributed by atoms with E-state index in [9.17, 15) is 4.79 Å². The molecule has 0 aliphatic heterocycles. The first-order chi connectivity index (χ1) is 7.15. The third-order valence-electron chi connectivity index (χ3n) is 2.19. The van der Waals surface area contributed by atoms with E-state index in [2.05, 4.69) is 5.32 Å². The lowest BCUT2D eigenvalue weighted by atomic mass is 10.2. The van der Waals surface area contributed by atoms with Crippen molar-refractivity contribution in [2.45, 2.75) is 33.2 Å². The zero-order valence-corrected chi connectivity index (χ0v) is 10.2. The Morgan fingerprint density at radius 3 is 2.93 bits per heavy atom. The molecule has 0 fully saturated rings. The van der Waals surface area contributed by atoms with Crippen molar-refractivity contribution in [3.63, 3.8) is 0 Å². The van der Waals surface area contributed by atoms with Gasteiger partial charge in [0.15, 0.2) is 0 Å². The van der Waals surface area contributed by atoms with Crippen LogP contribution in [0, 0.1) is 0 Å². The molecule has 1 N–H and O–H groups in total. The van der Waals surface area contributed by atoms with Crippen LogP contribution in [-0.2, 0) is 4.79 Å². The lowest BCUT2D eigenvalue weighted by Crippen LogP contribution is -2.26. The number of carbonyl (C=O) groups is 1. The Kier molecular flexibility index (Phi) is 4.56. The van der Waals surface area contributed by atoms with E-state index >= 15 is 0 Å². The standard InChI is InChI=1S/C12H17NOS/c1-4-6-9(2)12(14)13-10(3)11-7-5-8-15-11/h5-8,10H,4H2,1-3H3,(H,13,14)/b9-6+/t10-/m0/s1. The second-order valence-corrected chi connectivity index (χ2v) is 4.49. The quantitative estimate of drug-likeness (QED) is 0.780. The van der Waals surface area contributed by atoms with Crippen molar-refractivity contribution in [2.24, 2.45) is 0 Å². The summed E-state index contributed by atoms with van der Waals surface area (Å²) >= 11 is 1.66. The summed E-state index contributed by atoms with van der Waals surface area (Å²) in [5, 5.41) is 4.99. The van der Waals surface area contributed by atoms with Gasteiger partial charge in [0.2, 0.25) is 5.91 Å². The number of nitrogens with one attached hydrogen (secondary N) is 1. The van der Waals surface area contributed by atoms with Crippen molar-refractivity contribution in [1.29, 1.82) is 0 Å². The molecule has 0 spiro atoms. The minimum absolute atomic E-state index is 0.0257. The van der Waals surface area contributed by atoms with Gasteiger partial charge in [-0.1, -0.05) is 19.1 Å².